The first-order chi connectivity index (χ1) is 9.31. The number of carbonyl (C=O) groups is 1. The molecule has 0 heterocycles. The standard InChI is InChI=1S/C16H23NO3/c1-16(2,3)20-15(18)13-7-5-10-9-11(19-4)6-8-12(10)14(13)17/h6,8-9,13-14H,5,7,17H2,1-4H3/t13-,14+/m1/s1. The fourth-order valence-electron chi connectivity index (χ4n) is 2.60. The lowest BCUT2D eigenvalue weighted by atomic mass is 9.80. The van der Waals surface area contributed by atoms with Gasteiger partial charge in [0.2, 0.25) is 0 Å². The molecule has 1 aliphatic rings. The number of hydrogen-bond donors (Lipinski definition) is 1. The molecule has 0 saturated carbocycles. The fourth-order valence-corrected chi connectivity index (χ4v) is 2.60. The number of rotatable bonds is 2. The van der Waals surface area contributed by atoms with Crippen LogP contribution in [0.15, 0.2) is 18.2 Å². The lowest BCUT2D eigenvalue weighted by Crippen LogP contribution is -2.37. The van der Waals surface area contributed by atoms with Crippen molar-refractivity contribution in [3.8, 4) is 5.75 Å². The van der Waals surface area contributed by atoms with Crippen molar-refractivity contribution in [3.63, 3.8) is 0 Å². The third-order valence-electron chi connectivity index (χ3n) is 3.58. The average molecular weight is 277 g/mol. The third-order valence-corrected chi connectivity index (χ3v) is 3.58. The minimum Gasteiger partial charge on any atom is -0.497 e. The Bertz CT molecular complexity index is 505. The van der Waals surface area contributed by atoms with E-state index in [0.29, 0.717) is 0 Å². The summed E-state index contributed by atoms with van der Waals surface area (Å²) < 4.78 is 10.7. The Labute approximate surface area is 120 Å². The second-order valence-electron chi connectivity index (χ2n) is 6.27. The maximum atomic E-state index is 12.2. The molecule has 1 aromatic rings. The molecule has 20 heavy (non-hydrogen) atoms. The van der Waals surface area contributed by atoms with E-state index in [2.05, 4.69) is 0 Å². The molecule has 1 aliphatic carbocycles. The summed E-state index contributed by atoms with van der Waals surface area (Å²) in [5.41, 5.74) is 7.97. The highest BCUT2D eigenvalue weighted by Crippen LogP contribution is 2.35. The zero-order valence-electron chi connectivity index (χ0n) is 12.6. The molecular weight excluding hydrogens is 254 g/mol. The van der Waals surface area contributed by atoms with Gasteiger partial charge in [0.25, 0.3) is 0 Å². The Kier molecular flexibility index (Phi) is 4.04. The summed E-state index contributed by atoms with van der Waals surface area (Å²) in [6.45, 7) is 5.62. The van der Waals surface area contributed by atoms with Gasteiger partial charge in [-0.25, -0.2) is 0 Å². The van der Waals surface area contributed by atoms with Crippen LogP contribution >= 0.6 is 0 Å². The molecule has 0 aliphatic heterocycles. The summed E-state index contributed by atoms with van der Waals surface area (Å²) in [5.74, 6) is 0.355. The second-order valence-corrected chi connectivity index (χ2v) is 6.27. The lowest BCUT2D eigenvalue weighted by Gasteiger charge is -2.32. The molecule has 4 heteroatoms. The van der Waals surface area contributed by atoms with E-state index < -0.39 is 5.60 Å². The molecular formula is C16H23NO3. The number of esters is 1. The van der Waals surface area contributed by atoms with E-state index in [1.807, 2.05) is 39.0 Å². The fraction of sp³-hybridized carbons (Fsp3) is 0.562. The van der Waals surface area contributed by atoms with Gasteiger partial charge in [0.15, 0.2) is 0 Å². The Morgan fingerprint density at radius 1 is 1.35 bits per heavy atom. The molecule has 0 aromatic heterocycles. The van der Waals surface area contributed by atoms with Gasteiger partial charge < -0.3 is 15.2 Å². The van der Waals surface area contributed by atoms with E-state index in [1.165, 1.54) is 0 Å². The second kappa shape index (κ2) is 5.44. The molecule has 2 N–H and O–H groups in total. The van der Waals surface area contributed by atoms with Crippen molar-refractivity contribution in [2.45, 2.75) is 45.3 Å². The summed E-state index contributed by atoms with van der Waals surface area (Å²) in [5, 5.41) is 0. The van der Waals surface area contributed by atoms with E-state index in [9.17, 15) is 4.79 Å². The van der Waals surface area contributed by atoms with Crippen LogP contribution in [0.5, 0.6) is 5.75 Å². The minimum atomic E-state index is -0.475. The largest absolute Gasteiger partial charge is 0.497 e. The molecule has 0 saturated heterocycles. The van der Waals surface area contributed by atoms with Gasteiger partial charge in [-0.05, 0) is 56.9 Å². The molecule has 1 aromatic carbocycles. The monoisotopic (exact) mass is 277 g/mol. The van der Waals surface area contributed by atoms with Crippen molar-refractivity contribution in [2.24, 2.45) is 11.7 Å². The van der Waals surface area contributed by atoms with E-state index in [4.69, 9.17) is 15.2 Å². The van der Waals surface area contributed by atoms with Crippen LogP contribution < -0.4 is 10.5 Å². The Hall–Kier alpha value is -1.55. The van der Waals surface area contributed by atoms with Crippen LogP contribution in [-0.4, -0.2) is 18.7 Å². The number of methoxy groups -OCH3 is 1. The SMILES string of the molecule is COc1ccc2c(c1)CC[C@@H](C(=O)OC(C)(C)C)[C@H]2N. The van der Waals surface area contributed by atoms with Crippen LogP contribution in [0.3, 0.4) is 0 Å². The normalized spacial score (nSPS) is 22.1. The Morgan fingerprint density at radius 3 is 2.65 bits per heavy atom. The van der Waals surface area contributed by atoms with Gasteiger partial charge in [-0.15, -0.1) is 0 Å². The number of hydrogen-bond acceptors (Lipinski definition) is 4. The molecule has 4 nitrogen and oxygen atoms in total. The zero-order chi connectivity index (χ0) is 14.9. The predicted octanol–water partition coefficient (Wildman–Crippen LogP) is 2.60. The summed E-state index contributed by atoms with van der Waals surface area (Å²) in [4.78, 5) is 12.2. The molecule has 0 fully saturated rings. The van der Waals surface area contributed by atoms with Crippen molar-refractivity contribution >= 4 is 5.97 Å². The molecule has 0 unspecified atom stereocenters. The molecule has 0 bridgehead atoms. The Balaban J connectivity index is 2.19. The molecule has 110 valence electrons. The van der Waals surface area contributed by atoms with E-state index in [-0.39, 0.29) is 17.9 Å². The van der Waals surface area contributed by atoms with Gasteiger partial charge in [0, 0.05) is 6.04 Å². The van der Waals surface area contributed by atoms with Crippen molar-refractivity contribution in [3.05, 3.63) is 29.3 Å². The van der Waals surface area contributed by atoms with Crippen molar-refractivity contribution in [2.75, 3.05) is 7.11 Å². The first-order valence-electron chi connectivity index (χ1n) is 6.97. The van der Waals surface area contributed by atoms with Crippen LogP contribution in [0.2, 0.25) is 0 Å². The van der Waals surface area contributed by atoms with Gasteiger partial charge in [0.1, 0.15) is 11.4 Å². The summed E-state index contributed by atoms with van der Waals surface area (Å²) in [7, 11) is 1.65. The maximum absolute atomic E-state index is 12.2. The predicted molar refractivity (Wildman–Crippen MR) is 77.6 cm³/mol. The van der Waals surface area contributed by atoms with Crippen molar-refractivity contribution in [1.29, 1.82) is 0 Å². The number of ether oxygens (including phenoxy) is 2. The minimum absolute atomic E-state index is 0.202. The number of benzene rings is 1. The third kappa shape index (κ3) is 3.12. The zero-order valence-corrected chi connectivity index (χ0v) is 12.6. The molecule has 0 amide bonds. The number of aryl methyl sites for hydroxylation is 1. The number of nitrogens with two attached hydrogens (primary N) is 1. The topological polar surface area (TPSA) is 61.5 Å². The van der Waals surface area contributed by atoms with Gasteiger partial charge >= 0.3 is 5.97 Å². The quantitative estimate of drug-likeness (QED) is 0.844. The number of fused-ring (bicyclic) bond motifs is 1. The average Bonchev–Trinajstić information content (AvgIpc) is 2.36. The maximum Gasteiger partial charge on any atom is 0.311 e. The van der Waals surface area contributed by atoms with Gasteiger partial charge in [-0.2, -0.15) is 0 Å². The number of carbonyl (C=O) groups excluding carboxylic acids is 1. The Morgan fingerprint density at radius 2 is 2.05 bits per heavy atom. The van der Waals surface area contributed by atoms with Crippen LogP contribution in [0.1, 0.15) is 44.4 Å². The van der Waals surface area contributed by atoms with E-state index in [1.54, 1.807) is 7.11 Å². The first-order valence-corrected chi connectivity index (χ1v) is 6.97. The van der Waals surface area contributed by atoms with Gasteiger partial charge in [0.05, 0.1) is 13.0 Å². The summed E-state index contributed by atoms with van der Waals surface area (Å²) in [6, 6.07) is 5.53. The van der Waals surface area contributed by atoms with Crippen molar-refractivity contribution < 1.29 is 14.3 Å². The summed E-state index contributed by atoms with van der Waals surface area (Å²) >= 11 is 0. The van der Waals surface area contributed by atoms with E-state index >= 15 is 0 Å². The highest BCUT2D eigenvalue weighted by molar-refractivity contribution is 5.74. The summed E-state index contributed by atoms with van der Waals surface area (Å²) in [6.07, 6.45) is 1.54. The lowest BCUT2D eigenvalue weighted by molar-refractivity contribution is -0.161. The van der Waals surface area contributed by atoms with Crippen LogP contribution in [-0.2, 0) is 16.0 Å². The molecule has 0 spiro atoms. The molecule has 2 atom stereocenters. The highest BCUT2D eigenvalue weighted by atomic mass is 16.6. The molecule has 2 rings (SSSR count). The molecule has 0 radical (unpaired) electrons. The van der Waals surface area contributed by atoms with E-state index in [0.717, 1.165) is 29.7 Å². The first kappa shape index (κ1) is 14.9. The van der Waals surface area contributed by atoms with Crippen LogP contribution in [0.25, 0.3) is 0 Å². The van der Waals surface area contributed by atoms with Crippen LogP contribution in [0.4, 0.5) is 0 Å². The highest BCUT2D eigenvalue weighted by Gasteiger charge is 2.35. The smallest absolute Gasteiger partial charge is 0.311 e. The van der Waals surface area contributed by atoms with Gasteiger partial charge in [-0.1, -0.05) is 6.07 Å². The van der Waals surface area contributed by atoms with Gasteiger partial charge in [-0.3, -0.25) is 4.79 Å². The van der Waals surface area contributed by atoms with Crippen molar-refractivity contribution in [1.82, 2.24) is 0 Å². The van der Waals surface area contributed by atoms with Crippen LogP contribution in [0, 0.1) is 5.92 Å².